The van der Waals surface area contributed by atoms with E-state index in [1.165, 1.54) is 12.1 Å². The van der Waals surface area contributed by atoms with Gasteiger partial charge in [-0.25, -0.2) is 4.79 Å². The van der Waals surface area contributed by atoms with Crippen molar-refractivity contribution in [3.05, 3.63) is 47.3 Å². The topological polar surface area (TPSA) is 59.0 Å². The molecule has 0 radical (unpaired) electrons. The third-order valence-electron chi connectivity index (χ3n) is 3.16. The zero-order valence-electron chi connectivity index (χ0n) is 12.7. The molecule has 0 unspecified atom stereocenters. The second-order valence-electron chi connectivity index (χ2n) is 5.11. The number of aromatic nitrogens is 2. The van der Waals surface area contributed by atoms with Crippen LogP contribution in [0.2, 0.25) is 0 Å². The Labute approximate surface area is 131 Å². The summed E-state index contributed by atoms with van der Waals surface area (Å²) in [7, 11) is 0. The Kier molecular flexibility index (Phi) is 4.92. The number of carbonyl (C=O) groups excluding carboxylic acids is 1. The monoisotopic (exact) mass is 326 g/mol. The first-order chi connectivity index (χ1) is 10.8. The minimum Gasteiger partial charge on any atom is -0.336 e. The molecule has 0 saturated carbocycles. The maximum Gasteiger partial charge on any atom is 0.416 e. The van der Waals surface area contributed by atoms with E-state index in [1.54, 1.807) is 4.68 Å². The van der Waals surface area contributed by atoms with Crippen LogP contribution in [0.5, 0.6) is 0 Å². The van der Waals surface area contributed by atoms with Crippen LogP contribution >= 0.6 is 0 Å². The Morgan fingerprint density at radius 2 is 2.00 bits per heavy atom. The number of aryl methyl sites for hydroxylation is 2. The van der Waals surface area contributed by atoms with Crippen molar-refractivity contribution in [1.29, 1.82) is 0 Å². The van der Waals surface area contributed by atoms with E-state index in [9.17, 15) is 18.0 Å². The lowest BCUT2D eigenvalue weighted by atomic mass is 10.2. The van der Waals surface area contributed by atoms with Crippen molar-refractivity contribution in [2.24, 2.45) is 0 Å². The van der Waals surface area contributed by atoms with Crippen LogP contribution in [0.1, 0.15) is 17.0 Å². The number of nitrogens with one attached hydrogen (secondary N) is 2. The number of benzene rings is 1. The minimum absolute atomic E-state index is 0.0865. The second-order valence-corrected chi connectivity index (χ2v) is 5.11. The fourth-order valence-electron chi connectivity index (χ4n) is 2.13. The van der Waals surface area contributed by atoms with Crippen molar-refractivity contribution in [2.45, 2.75) is 26.6 Å². The molecule has 124 valence electrons. The molecule has 1 heterocycles. The largest absolute Gasteiger partial charge is 0.416 e. The van der Waals surface area contributed by atoms with E-state index in [0.717, 1.165) is 23.5 Å². The standard InChI is InChI=1S/C15H17F3N4O/c1-10-8-11(2)22(21-10)7-6-19-14(23)20-13-5-3-4-12(9-13)15(16,17)18/h3-5,8-9H,6-7H2,1-2H3,(H2,19,20,23). The molecule has 2 rings (SSSR count). The van der Waals surface area contributed by atoms with Gasteiger partial charge in [0.2, 0.25) is 0 Å². The molecule has 2 aromatic rings. The molecule has 2 amide bonds. The molecule has 0 atom stereocenters. The Morgan fingerprint density at radius 1 is 1.26 bits per heavy atom. The number of hydrogen-bond acceptors (Lipinski definition) is 2. The average molecular weight is 326 g/mol. The van der Waals surface area contributed by atoms with Gasteiger partial charge in [-0.1, -0.05) is 6.07 Å². The molecular formula is C15H17F3N4O. The molecule has 0 aliphatic carbocycles. The van der Waals surface area contributed by atoms with Crippen LogP contribution in [-0.2, 0) is 12.7 Å². The van der Waals surface area contributed by atoms with Gasteiger partial charge < -0.3 is 10.6 Å². The minimum atomic E-state index is -4.44. The van der Waals surface area contributed by atoms with Crippen molar-refractivity contribution in [1.82, 2.24) is 15.1 Å². The maximum absolute atomic E-state index is 12.6. The Balaban J connectivity index is 1.86. The Bertz CT molecular complexity index is 694. The summed E-state index contributed by atoms with van der Waals surface area (Å²) in [5, 5.41) is 9.21. The average Bonchev–Trinajstić information content (AvgIpc) is 2.76. The van der Waals surface area contributed by atoms with Gasteiger partial charge in [0.25, 0.3) is 0 Å². The summed E-state index contributed by atoms with van der Waals surface area (Å²) < 4.78 is 39.5. The molecular weight excluding hydrogens is 309 g/mol. The normalized spacial score (nSPS) is 11.3. The molecule has 1 aromatic heterocycles. The number of halogens is 3. The van der Waals surface area contributed by atoms with Gasteiger partial charge in [0.1, 0.15) is 0 Å². The number of hydrogen-bond donors (Lipinski definition) is 2. The van der Waals surface area contributed by atoms with E-state index < -0.39 is 17.8 Å². The number of amides is 2. The van der Waals surface area contributed by atoms with Crippen LogP contribution in [0.15, 0.2) is 30.3 Å². The molecule has 0 fully saturated rings. The predicted molar refractivity (Wildman–Crippen MR) is 80.2 cm³/mol. The zero-order valence-corrected chi connectivity index (χ0v) is 12.7. The lowest BCUT2D eigenvalue weighted by molar-refractivity contribution is -0.137. The summed E-state index contributed by atoms with van der Waals surface area (Å²) in [5.41, 5.74) is 1.14. The van der Waals surface area contributed by atoms with Crippen LogP contribution < -0.4 is 10.6 Å². The lowest BCUT2D eigenvalue weighted by Gasteiger charge is -2.11. The molecule has 0 saturated heterocycles. The molecule has 0 aliphatic heterocycles. The predicted octanol–water partition coefficient (Wildman–Crippen LogP) is 3.34. The molecule has 5 nitrogen and oxygen atoms in total. The first-order valence-corrected chi connectivity index (χ1v) is 6.99. The molecule has 2 N–H and O–H groups in total. The van der Waals surface area contributed by atoms with Crippen LogP contribution in [0.3, 0.4) is 0 Å². The highest BCUT2D eigenvalue weighted by molar-refractivity contribution is 5.89. The maximum atomic E-state index is 12.6. The van der Waals surface area contributed by atoms with Crippen LogP contribution in [0, 0.1) is 13.8 Å². The van der Waals surface area contributed by atoms with Gasteiger partial charge in [-0.05, 0) is 38.1 Å². The van der Waals surface area contributed by atoms with Crippen molar-refractivity contribution in [2.75, 3.05) is 11.9 Å². The Hall–Kier alpha value is -2.51. The number of alkyl halides is 3. The highest BCUT2D eigenvalue weighted by Crippen LogP contribution is 2.30. The van der Waals surface area contributed by atoms with Crippen molar-refractivity contribution >= 4 is 11.7 Å². The smallest absolute Gasteiger partial charge is 0.336 e. The number of nitrogens with zero attached hydrogens (tertiary/aromatic N) is 2. The fourth-order valence-corrected chi connectivity index (χ4v) is 2.13. The van der Waals surface area contributed by atoms with Crippen molar-refractivity contribution < 1.29 is 18.0 Å². The summed E-state index contributed by atoms with van der Waals surface area (Å²) in [6, 6.07) is 5.84. The van der Waals surface area contributed by atoms with E-state index in [2.05, 4.69) is 15.7 Å². The van der Waals surface area contributed by atoms with E-state index in [1.807, 2.05) is 19.9 Å². The molecule has 1 aromatic carbocycles. The summed E-state index contributed by atoms with van der Waals surface area (Å²) >= 11 is 0. The highest BCUT2D eigenvalue weighted by Gasteiger charge is 2.30. The van der Waals surface area contributed by atoms with E-state index >= 15 is 0 Å². The SMILES string of the molecule is Cc1cc(C)n(CCNC(=O)Nc2cccc(C(F)(F)F)c2)n1. The molecule has 8 heteroatoms. The second kappa shape index (κ2) is 6.72. The van der Waals surface area contributed by atoms with E-state index in [0.29, 0.717) is 13.1 Å². The van der Waals surface area contributed by atoms with Crippen LogP contribution in [0.25, 0.3) is 0 Å². The Morgan fingerprint density at radius 3 is 2.61 bits per heavy atom. The number of carbonyl (C=O) groups is 1. The number of rotatable bonds is 4. The van der Waals surface area contributed by atoms with Gasteiger partial charge in [-0.2, -0.15) is 18.3 Å². The van der Waals surface area contributed by atoms with Crippen LogP contribution in [0.4, 0.5) is 23.7 Å². The van der Waals surface area contributed by atoms with Crippen molar-refractivity contribution in [3.63, 3.8) is 0 Å². The van der Waals surface area contributed by atoms with E-state index in [4.69, 9.17) is 0 Å². The van der Waals surface area contributed by atoms with Gasteiger partial charge >= 0.3 is 12.2 Å². The molecule has 23 heavy (non-hydrogen) atoms. The van der Waals surface area contributed by atoms with Gasteiger partial charge in [-0.3, -0.25) is 4.68 Å². The number of anilines is 1. The number of urea groups is 1. The molecule has 0 spiro atoms. The first kappa shape index (κ1) is 16.9. The van der Waals surface area contributed by atoms with Gasteiger partial charge in [0.15, 0.2) is 0 Å². The summed E-state index contributed by atoms with van der Waals surface area (Å²) in [5.74, 6) is 0. The summed E-state index contributed by atoms with van der Waals surface area (Å²) in [6.07, 6.45) is -4.44. The third kappa shape index (κ3) is 4.73. The molecule has 0 aliphatic rings. The lowest BCUT2D eigenvalue weighted by Crippen LogP contribution is -2.31. The first-order valence-electron chi connectivity index (χ1n) is 6.99. The third-order valence-corrected chi connectivity index (χ3v) is 3.16. The van der Waals surface area contributed by atoms with Crippen molar-refractivity contribution in [3.8, 4) is 0 Å². The highest BCUT2D eigenvalue weighted by atomic mass is 19.4. The van der Waals surface area contributed by atoms with E-state index in [-0.39, 0.29) is 5.69 Å². The quantitative estimate of drug-likeness (QED) is 0.905. The van der Waals surface area contributed by atoms with Gasteiger partial charge in [-0.15, -0.1) is 0 Å². The molecule has 0 bridgehead atoms. The summed E-state index contributed by atoms with van der Waals surface area (Å²) in [6.45, 7) is 4.57. The van der Waals surface area contributed by atoms with Gasteiger partial charge in [0.05, 0.1) is 17.8 Å². The van der Waals surface area contributed by atoms with Crippen LogP contribution in [-0.4, -0.2) is 22.4 Å². The zero-order chi connectivity index (χ0) is 17.0. The van der Waals surface area contributed by atoms with Gasteiger partial charge in [0, 0.05) is 17.9 Å². The fraction of sp³-hybridized carbons (Fsp3) is 0.333. The summed E-state index contributed by atoms with van der Waals surface area (Å²) in [4.78, 5) is 11.7.